The van der Waals surface area contributed by atoms with Crippen molar-refractivity contribution >= 4 is 10.1 Å². The summed E-state index contributed by atoms with van der Waals surface area (Å²) in [6.07, 6.45) is 0.715. The van der Waals surface area contributed by atoms with Crippen molar-refractivity contribution in [3.63, 3.8) is 0 Å². The third-order valence-corrected chi connectivity index (χ3v) is 3.07. The number of rotatable bonds is 4. The van der Waals surface area contributed by atoms with Crippen LogP contribution in [0, 0.1) is 0 Å². The Kier molecular flexibility index (Phi) is 11.1. The van der Waals surface area contributed by atoms with Gasteiger partial charge in [-0.25, -0.2) is 0 Å². The molecule has 1 aliphatic rings. The molecule has 1 aliphatic heterocycles. The maximum Gasteiger partial charge on any atom is 0.261 e. The molecule has 0 radical (unpaired) electrons. The lowest BCUT2D eigenvalue weighted by molar-refractivity contribution is -0.0172. The van der Waals surface area contributed by atoms with E-state index in [4.69, 9.17) is 19.5 Å². The summed E-state index contributed by atoms with van der Waals surface area (Å²) in [5, 5.41) is 24.5. The summed E-state index contributed by atoms with van der Waals surface area (Å²) in [6, 6.07) is 0. The van der Waals surface area contributed by atoms with E-state index in [1.165, 1.54) is 0 Å². The van der Waals surface area contributed by atoms with Gasteiger partial charge in [-0.2, -0.15) is 8.42 Å². The summed E-state index contributed by atoms with van der Waals surface area (Å²) in [6.45, 7) is 18.0. The fourth-order valence-corrected chi connectivity index (χ4v) is 2.54. The van der Waals surface area contributed by atoms with E-state index in [1.807, 2.05) is 27.7 Å². The van der Waals surface area contributed by atoms with E-state index in [1.54, 1.807) is 0 Å². The first-order chi connectivity index (χ1) is 11.2. The van der Waals surface area contributed by atoms with Crippen LogP contribution in [0.1, 0.15) is 55.4 Å². The van der Waals surface area contributed by atoms with Crippen molar-refractivity contribution in [3.05, 3.63) is 0 Å². The molecule has 1 heterocycles. The zero-order chi connectivity index (χ0) is 21.4. The van der Waals surface area contributed by atoms with Crippen LogP contribution in [0.15, 0.2) is 0 Å². The molecule has 8 nitrogen and oxygen atoms in total. The zero-order valence-electron chi connectivity index (χ0n) is 17.8. The molecule has 1 fully saturated rings. The number of aliphatic hydroxyl groups is 2. The fraction of sp³-hybridized carbons (Fsp3) is 1.00. The van der Waals surface area contributed by atoms with Gasteiger partial charge in [0, 0.05) is 22.2 Å². The summed E-state index contributed by atoms with van der Waals surface area (Å²) in [5.41, 5.74) is -0.373. The highest BCUT2D eigenvalue weighted by Gasteiger charge is 2.32. The topological polar surface area (TPSA) is 128 Å². The number of hydrogen-bond donors (Lipinski definition) is 5. The van der Waals surface area contributed by atoms with Crippen LogP contribution in [0.25, 0.3) is 0 Å². The molecule has 5 N–H and O–H groups in total. The Balaban J connectivity index is 0. The number of nitrogens with one attached hydrogen (secondary N) is 2. The minimum atomic E-state index is -3.67. The highest BCUT2D eigenvalue weighted by molar-refractivity contribution is 7.85. The maximum absolute atomic E-state index is 9.19. The molecule has 0 unspecified atom stereocenters. The second kappa shape index (κ2) is 10.3. The fourth-order valence-electron chi connectivity index (χ4n) is 2.54. The van der Waals surface area contributed by atoms with Gasteiger partial charge in [-0.05, 0) is 55.4 Å². The lowest BCUT2D eigenvalue weighted by Gasteiger charge is -2.42. The standard InChI is InChI=1S/C8H19NO2.C8H17NO.CH4O3S/c1-7(2,5-10)9-8(3,4)6-11;1-7(2)5-10-6-8(3,4)9-7;1-5(2,3)4/h9-11H,5-6H2,1-4H3;9H,5-6H2,1-4H3;1H3,(H,2,3,4). The minimum Gasteiger partial charge on any atom is -0.394 e. The van der Waals surface area contributed by atoms with E-state index < -0.39 is 10.1 Å². The van der Waals surface area contributed by atoms with Gasteiger partial charge in [0.05, 0.1) is 32.7 Å². The molecular formula is C17H40N2O6S. The second-order valence-electron chi connectivity index (χ2n) is 9.33. The Morgan fingerprint density at radius 2 is 1.23 bits per heavy atom. The van der Waals surface area contributed by atoms with E-state index in [2.05, 4.69) is 38.3 Å². The Labute approximate surface area is 159 Å². The van der Waals surface area contributed by atoms with Crippen molar-refractivity contribution in [2.45, 2.75) is 77.5 Å². The molecule has 0 aromatic heterocycles. The molecule has 9 heteroatoms. The number of morpholine rings is 1. The monoisotopic (exact) mass is 400 g/mol. The molecule has 0 aliphatic carbocycles. The lowest BCUT2D eigenvalue weighted by atomic mass is 9.96. The number of hydrogen-bond acceptors (Lipinski definition) is 7. The van der Waals surface area contributed by atoms with Gasteiger partial charge in [0.1, 0.15) is 0 Å². The van der Waals surface area contributed by atoms with Crippen LogP contribution in [0.2, 0.25) is 0 Å². The molecule has 26 heavy (non-hydrogen) atoms. The van der Waals surface area contributed by atoms with Crippen LogP contribution < -0.4 is 10.6 Å². The number of ether oxygens (including phenoxy) is 1. The van der Waals surface area contributed by atoms with Crippen LogP contribution in [0.5, 0.6) is 0 Å². The van der Waals surface area contributed by atoms with Crippen LogP contribution in [-0.2, 0) is 14.9 Å². The van der Waals surface area contributed by atoms with Crippen molar-refractivity contribution in [2.24, 2.45) is 0 Å². The Bertz CT molecular complexity index is 465. The van der Waals surface area contributed by atoms with Crippen LogP contribution in [0.4, 0.5) is 0 Å². The normalized spacial score (nSPS) is 19.5. The Morgan fingerprint density at radius 1 is 0.962 bits per heavy atom. The Morgan fingerprint density at radius 3 is 1.38 bits per heavy atom. The van der Waals surface area contributed by atoms with E-state index in [9.17, 15) is 8.42 Å². The summed E-state index contributed by atoms with van der Waals surface area (Å²) in [7, 11) is -3.67. The molecule has 0 atom stereocenters. The molecule has 0 saturated carbocycles. The van der Waals surface area contributed by atoms with Crippen molar-refractivity contribution < 1.29 is 27.9 Å². The van der Waals surface area contributed by atoms with E-state index in [0.29, 0.717) is 6.26 Å². The molecule has 0 amide bonds. The smallest absolute Gasteiger partial charge is 0.261 e. The first-order valence-corrected chi connectivity index (χ1v) is 10.4. The van der Waals surface area contributed by atoms with Crippen LogP contribution in [0.3, 0.4) is 0 Å². The SMILES string of the molecule is CC(C)(CO)NC(C)(C)CO.CC1(C)COCC(C)(C)N1.CS(=O)(=O)O. The maximum atomic E-state index is 9.19. The average Bonchev–Trinajstić information content (AvgIpc) is 2.33. The van der Waals surface area contributed by atoms with Crippen LogP contribution in [-0.4, -0.2) is 78.0 Å². The van der Waals surface area contributed by atoms with Gasteiger partial charge in [0.25, 0.3) is 10.1 Å². The summed E-state index contributed by atoms with van der Waals surface area (Å²) in [5.74, 6) is 0. The third-order valence-electron chi connectivity index (χ3n) is 3.07. The van der Waals surface area contributed by atoms with Gasteiger partial charge in [-0.3, -0.25) is 4.55 Å². The van der Waals surface area contributed by atoms with Gasteiger partial charge in [0.2, 0.25) is 0 Å². The average molecular weight is 401 g/mol. The molecule has 0 spiro atoms. The summed E-state index contributed by atoms with van der Waals surface area (Å²) >= 11 is 0. The molecule has 160 valence electrons. The van der Waals surface area contributed by atoms with E-state index >= 15 is 0 Å². The molecule has 0 aromatic rings. The predicted octanol–water partition coefficient (Wildman–Crippen LogP) is 0.785. The highest BCUT2D eigenvalue weighted by atomic mass is 32.2. The van der Waals surface area contributed by atoms with Crippen molar-refractivity contribution in [2.75, 3.05) is 32.7 Å². The molecule has 0 bridgehead atoms. The quantitative estimate of drug-likeness (QED) is 0.438. The molecule has 1 saturated heterocycles. The van der Waals surface area contributed by atoms with Gasteiger partial charge in [-0.15, -0.1) is 0 Å². The van der Waals surface area contributed by atoms with Gasteiger partial charge in [0.15, 0.2) is 0 Å². The zero-order valence-corrected chi connectivity index (χ0v) is 18.6. The Hall–Kier alpha value is -0.290. The summed E-state index contributed by atoms with van der Waals surface area (Å²) in [4.78, 5) is 0. The van der Waals surface area contributed by atoms with Crippen molar-refractivity contribution in [1.29, 1.82) is 0 Å². The highest BCUT2D eigenvalue weighted by Crippen LogP contribution is 2.17. The lowest BCUT2D eigenvalue weighted by Crippen LogP contribution is -2.60. The second-order valence-corrected chi connectivity index (χ2v) is 10.8. The van der Waals surface area contributed by atoms with E-state index in [0.717, 1.165) is 13.2 Å². The molecular weight excluding hydrogens is 360 g/mol. The first kappa shape index (κ1) is 27.9. The minimum absolute atomic E-state index is 0.0659. The first-order valence-electron chi connectivity index (χ1n) is 8.55. The molecule has 0 aromatic carbocycles. The summed E-state index contributed by atoms with van der Waals surface area (Å²) < 4.78 is 31.3. The largest absolute Gasteiger partial charge is 0.394 e. The van der Waals surface area contributed by atoms with Crippen molar-refractivity contribution in [3.8, 4) is 0 Å². The third kappa shape index (κ3) is 18.5. The molecule has 1 rings (SSSR count). The van der Waals surface area contributed by atoms with Crippen LogP contribution >= 0.6 is 0 Å². The predicted molar refractivity (Wildman–Crippen MR) is 105 cm³/mol. The van der Waals surface area contributed by atoms with Crippen molar-refractivity contribution in [1.82, 2.24) is 10.6 Å². The number of aliphatic hydroxyl groups excluding tert-OH is 2. The van der Waals surface area contributed by atoms with Gasteiger partial charge >= 0.3 is 0 Å². The van der Waals surface area contributed by atoms with Gasteiger partial charge < -0.3 is 25.6 Å². The van der Waals surface area contributed by atoms with E-state index in [-0.39, 0.29) is 35.4 Å². The van der Waals surface area contributed by atoms with Gasteiger partial charge in [-0.1, -0.05) is 0 Å².